The summed E-state index contributed by atoms with van der Waals surface area (Å²) in [6.07, 6.45) is 46.4. The highest BCUT2D eigenvalue weighted by atomic mass is 32.3. The van der Waals surface area contributed by atoms with Crippen LogP contribution in [0.25, 0.3) is 0 Å². The van der Waals surface area contributed by atoms with Crippen LogP contribution in [-0.4, -0.2) is 97.5 Å². The van der Waals surface area contributed by atoms with Gasteiger partial charge < -0.3 is 34.3 Å². The van der Waals surface area contributed by atoms with Gasteiger partial charge in [-0.15, -0.1) is 0 Å². The average molecular weight is 939 g/mol. The molecule has 0 saturated carbocycles. The highest BCUT2D eigenvalue weighted by Crippen LogP contribution is 2.26. The van der Waals surface area contributed by atoms with Gasteiger partial charge in [0.05, 0.1) is 19.8 Å². The molecule has 0 aliphatic carbocycles. The zero-order chi connectivity index (χ0) is 47.5. The SMILES string of the molecule is CC/C=C\C/C=C\C/C=C\C/C=C\CCCCCCCCC(=O)OC(COCCCCCCCCCC/C=C\C/C=C\CCCCCC)COC1OC(CO)C(O)C(OS(=O)(=O)O)C1O. The van der Waals surface area contributed by atoms with Crippen molar-refractivity contribution in [1.29, 1.82) is 0 Å². The predicted molar refractivity (Wildman–Crippen MR) is 262 cm³/mol. The highest BCUT2D eigenvalue weighted by Gasteiger charge is 2.48. The number of unbranched alkanes of at least 4 members (excludes halogenated alkanes) is 18. The quantitative estimate of drug-likeness (QED) is 0.0197. The number of allylic oxidation sites excluding steroid dienone is 12. The Morgan fingerprint density at radius 3 is 1.55 bits per heavy atom. The number of hydrogen-bond acceptors (Lipinski definition) is 11. The van der Waals surface area contributed by atoms with Gasteiger partial charge in [-0.05, 0) is 83.5 Å². The summed E-state index contributed by atoms with van der Waals surface area (Å²) in [7, 11) is -5.07. The molecule has 1 saturated heterocycles. The van der Waals surface area contributed by atoms with Crippen LogP contribution in [0.5, 0.6) is 0 Å². The molecule has 6 unspecified atom stereocenters. The van der Waals surface area contributed by atoms with E-state index in [-0.39, 0.29) is 19.6 Å². The van der Waals surface area contributed by atoms with Crippen molar-refractivity contribution < 1.29 is 56.2 Å². The Balaban J connectivity index is 2.40. The number of aliphatic hydroxyl groups excluding tert-OH is 3. The van der Waals surface area contributed by atoms with Gasteiger partial charge in [0.1, 0.15) is 30.5 Å². The maximum atomic E-state index is 12.9. The molecule has 1 rings (SSSR count). The maximum absolute atomic E-state index is 12.9. The van der Waals surface area contributed by atoms with E-state index >= 15 is 0 Å². The standard InChI is InChI=1S/C52H90O12S/c1-3-5-7-9-11-13-15-17-19-21-23-25-27-29-31-33-35-37-39-41-48(54)62-46(45-61-52-50(56)51(64-65(57,58)59)49(55)47(43-53)63-52)44-60-42-40-38-36-34-32-30-28-26-24-22-20-18-16-14-12-10-8-6-4-2/h5,7,11,13-14,16-17,19-20,22-23,25,46-47,49-53,55-56H,3-4,6,8-10,12,15,18,21,24,26-45H2,1-2H3,(H,57,58,59)/b7-5-,13-11-,16-14-,19-17-,22-20-,25-23-. The Morgan fingerprint density at radius 1 is 0.600 bits per heavy atom. The van der Waals surface area contributed by atoms with E-state index in [2.05, 4.69) is 90.9 Å². The number of ether oxygens (including phenoxy) is 4. The monoisotopic (exact) mass is 939 g/mol. The third kappa shape index (κ3) is 36.3. The van der Waals surface area contributed by atoms with E-state index in [1.54, 1.807) is 0 Å². The van der Waals surface area contributed by atoms with Crippen molar-refractivity contribution in [2.45, 2.75) is 224 Å². The molecule has 0 spiro atoms. The normalized spacial score (nSPS) is 20.2. The molecule has 0 amide bonds. The molecule has 1 fully saturated rings. The van der Waals surface area contributed by atoms with Crippen molar-refractivity contribution in [3.63, 3.8) is 0 Å². The smallest absolute Gasteiger partial charge is 0.397 e. The van der Waals surface area contributed by atoms with Crippen molar-refractivity contribution in [2.75, 3.05) is 26.4 Å². The third-order valence-electron chi connectivity index (χ3n) is 11.1. The molecule has 1 aliphatic rings. The lowest BCUT2D eigenvalue weighted by Crippen LogP contribution is -2.60. The average Bonchev–Trinajstić information content (AvgIpc) is 3.28. The molecule has 0 aromatic heterocycles. The minimum Gasteiger partial charge on any atom is -0.457 e. The van der Waals surface area contributed by atoms with Gasteiger partial charge in [0.25, 0.3) is 0 Å². The summed E-state index contributed by atoms with van der Waals surface area (Å²) in [5, 5.41) is 30.7. The van der Waals surface area contributed by atoms with Crippen molar-refractivity contribution in [1.82, 2.24) is 0 Å². The van der Waals surface area contributed by atoms with Crippen molar-refractivity contribution in [3.05, 3.63) is 72.9 Å². The van der Waals surface area contributed by atoms with Gasteiger partial charge in [-0.2, -0.15) is 8.42 Å². The van der Waals surface area contributed by atoms with E-state index in [9.17, 15) is 33.1 Å². The first-order valence-corrected chi connectivity index (χ1v) is 26.6. The Kier molecular flexibility index (Phi) is 39.9. The van der Waals surface area contributed by atoms with Gasteiger partial charge in [0.2, 0.25) is 0 Å². The Labute approximate surface area is 394 Å². The Morgan fingerprint density at radius 2 is 1.06 bits per heavy atom. The van der Waals surface area contributed by atoms with Crippen molar-refractivity contribution in [2.24, 2.45) is 0 Å². The zero-order valence-electron chi connectivity index (χ0n) is 40.3. The molecule has 0 bridgehead atoms. The van der Waals surface area contributed by atoms with E-state index < -0.39 is 59.8 Å². The van der Waals surface area contributed by atoms with E-state index in [0.717, 1.165) is 96.3 Å². The predicted octanol–water partition coefficient (Wildman–Crippen LogP) is 11.5. The van der Waals surface area contributed by atoms with Gasteiger partial charge in [-0.25, -0.2) is 4.18 Å². The van der Waals surface area contributed by atoms with Crippen LogP contribution in [-0.2, 0) is 38.3 Å². The Hall–Kier alpha value is -2.46. The molecule has 0 radical (unpaired) electrons. The topological polar surface area (TPSA) is 178 Å². The van der Waals surface area contributed by atoms with E-state index in [4.69, 9.17) is 18.9 Å². The number of carbonyl (C=O) groups excluding carboxylic acids is 1. The molecule has 1 aliphatic heterocycles. The third-order valence-corrected chi connectivity index (χ3v) is 11.5. The first-order valence-electron chi connectivity index (χ1n) is 25.2. The molecule has 13 heteroatoms. The van der Waals surface area contributed by atoms with Gasteiger partial charge in [0.15, 0.2) is 6.29 Å². The lowest BCUT2D eigenvalue weighted by molar-refractivity contribution is -0.301. The van der Waals surface area contributed by atoms with Gasteiger partial charge in [-0.1, -0.05) is 170 Å². The van der Waals surface area contributed by atoms with Crippen LogP contribution in [0.3, 0.4) is 0 Å². The van der Waals surface area contributed by atoms with Gasteiger partial charge >= 0.3 is 16.4 Å². The van der Waals surface area contributed by atoms with Crippen molar-refractivity contribution >= 4 is 16.4 Å². The molecule has 1 heterocycles. The molecular weight excluding hydrogens is 849 g/mol. The molecule has 376 valence electrons. The number of esters is 1. The summed E-state index contributed by atoms with van der Waals surface area (Å²) in [4.78, 5) is 12.9. The number of aliphatic hydroxyl groups is 3. The summed E-state index contributed by atoms with van der Waals surface area (Å²) in [6, 6.07) is 0. The molecule has 65 heavy (non-hydrogen) atoms. The number of hydrogen-bond donors (Lipinski definition) is 4. The minimum absolute atomic E-state index is 0.0224. The number of carbonyl (C=O) groups is 1. The largest absolute Gasteiger partial charge is 0.457 e. The summed E-state index contributed by atoms with van der Waals surface area (Å²) in [5.41, 5.74) is 0. The molecule has 0 aromatic rings. The summed E-state index contributed by atoms with van der Waals surface area (Å²) in [6.45, 7) is 3.83. The maximum Gasteiger partial charge on any atom is 0.397 e. The molecule has 6 atom stereocenters. The Bertz CT molecular complexity index is 1410. The second-order valence-electron chi connectivity index (χ2n) is 17.0. The second kappa shape index (κ2) is 42.9. The van der Waals surface area contributed by atoms with Crippen LogP contribution in [0.1, 0.15) is 187 Å². The summed E-state index contributed by atoms with van der Waals surface area (Å²) >= 11 is 0. The first-order chi connectivity index (χ1) is 31.6. The zero-order valence-corrected chi connectivity index (χ0v) is 41.1. The van der Waals surface area contributed by atoms with Crippen LogP contribution in [0, 0.1) is 0 Å². The fourth-order valence-corrected chi connectivity index (χ4v) is 7.79. The lowest BCUT2D eigenvalue weighted by atomic mass is 9.99. The fourth-order valence-electron chi connectivity index (χ4n) is 7.28. The van der Waals surface area contributed by atoms with E-state index in [1.165, 1.54) is 64.2 Å². The first kappa shape index (κ1) is 60.6. The van der Waals surface area contributed by atoms with Gasteiger partial charge in [0, 0.05) is 13.0 Å². The van der Waals surface area contributed by atoms with Crippen LogP contribution < -0.4 is 0 Å². The van der Waals surface area contributed by atoms with E-state index in [0.29, 0.717) is 13.0 Å². The van der Waals surface area contributed by atoms with Crippen molar-refractivity contribution in [3.8, 4) is 0 Å². The minimum atomic E-state index is -5.07. The fraction of sp³-hybridized carbons (Fsp3) is 0.750. The summed E-state index contributed by atoms with van der Waals surface area (Å²) in [5.74, 6) is -0.417. The lowest BCUT2D eigenvalue weighted by Gasteiger charge is -2.41. The summed E-state index contributed by atoms with van der Waals surface area (Å²) < 4.78 is 59.2. The molecule has 12 nitrogen and oxygen atoms in total. The van der Waals surface area contributed by atoms with Crippen LogP contribution >= 0.6 is 0 Å². The van der Waals surface area contributed by atoms with Crippen LogP contribution in [0.4, 0.5) is 0 Å². The molecule has 4 N–H and O–H groups in total. The van der Waals surface area contributed by atoms with E-state index in [1.807, 2.05) is 0 Å². The molecular formula is C52H90O12S. The second-order valence-corrected chi connectivity index (χ2v) is 18.1. The van der Waals surface area contributed by atoms with Crippen LogP contribution in [0.2, 0.25) is 0 Å². The highest BCUT2D eigenvalue weighted by molar-refractivity contribution is 7.80. The van der Waals surface area contributed by atoms with Gasteiger partial charge in [-0.3, -0.25) is 9.35 Å². The molecule has 0 aromatic carbocycles. The van der Waals surface area contributed by atoms with Crippen LogP contribution in [0.15, 0.2) is 72.9 Å². The number of rotatable bonds is 43.